The van der Waals surface area contributed by atoms with Gasteiger partial charge in [-0.2, -0.15) is 5.10 Å². The summed E-state index contributed by atoms with van der Waals surface area (Å²) in [5.74, 6) is 0. The lowest BCUT2D eigenvalue weighted by molar-refractivity contribution is 0.845. The number of hydrogen-bond acceptors (Lipinski definition) is 4. The highest BCUT2D eigenvalue weighted by Crippen LogP contribution is 2.19. The van der Waals surface area contributed by atoms with Crippen molar-refractivity contribution < 1.29 is 0 Å². The van der Waals surface area contributed by atoms with Crippen LogP contribution < -0.4 is 0 Å². The van der Waals surface area contributed by atoms with Gasteiger partial charge in [0.05, 0.1) is 6.20 Å². The van der Waals surface area contributed by atoms with Gasteiger partial charge in [0.25, 0.3) is 0 Å². The predicted octanol–water partition coefficient (Wildman–Crippen LogP) is 1.61. The number of rotatable bonds is 1. The van der Waals surface area contributed by atoms with E-state index in [2.05, 4.69) is 31.0 Å². The fraction of sp³-hybridized carbons (Fsp3) is 0.167. The Balaban J connectivity index is 2.81. The minimum absolute atomic E-state index is 0.789. The Morgan fingerprint density at radius 2 is 2.33 bits per heavy atom. The highest BCUT2D eigenvalue weighted by atomic mass is 79.9. The van der Waals surface area contributed by atoms with Crippen LogP contribution in [0.4, 0.5) is 0 Å². The first kappa shape index (κ1) is 8.00. The summed E-state index contributed by atoms with van der Waals surface area (Å²) in [7, 11) is 0. The van der Waals surface area contributed by atoms with Crippen molar-refractivity contribution in [2.75, 3.05) is 6.26 Å². The minimum Gasteiger partial charge on any atom is -0.232 e. The van der Waals surface area contributed by atoms with Crippen molar-refractivity contribution >= 4 is 33.3 Å². The molecular formula is C6H5BrN4S. The Bertz CT molecular complexity index is 413. The number of fused-ring (bicyclic) bond motifs is 1. The Morgan fingerprint density at radius 1 is 1.50 bits per heavy atom. The molecule has 2 aromatic rings. The van der Waals surface area contributed by atoms with Gasteiger partial charge >= 0.3 is 0 Å². The quantitative estimate of drug-likeness (QED) is 0.716. The lowest BCUT2D eigenvalue weighted by Gasteiger charge is -1.96. The molecule has 0 fully saturated rings. The maximum atomic E-state index is 4.16. The van der Waals surface area contributed by atoms with Gasteiger partial charge in [-0.05, 0) is 22.2 Å². The molecule has 0 spiro atoms. The van der Waals surface area contributed by atoms with Crippen molar-refractivity contribution in [2.45, 2.75) is 5.03 Å². The smallest absolute Gasteiger partial charge is 0.187 e. The number of imidazole rings is 1. The highest BCUT2D eigenvalue weighted by Gasteiger charge is 2.05. The molecule has 0 saturated carbocycles. The summed E-state index contributed by atoms with van der Waals surface area (Å²) in [4.78, 5) is 8.25. The second-order valence-electron chi connectivity index (χ2n) is 2.09. The molecule has 0 unspecified atom stereocenters. The van der Waals surface area contributed by atoms with Crippen LogP contribution in [-0.4, -0.2) is 25.8 Å². The van der Waals surface area contributed by atoms with E-state index in [0.29, 0.717) is 0 Å². The van der Waals surface area contributed by atoms with Crippen LogP contribution in [-0.2, 0) is 0 Å². The van der Waals surface area contributed by atoms with Crippen LogP contribution in [0, 0.1) is 0 Å². The number of halogens is 1. The van der Waals surface area contributed by atoms with E-state index in [9.17, 15) is 0 Å². The summed E-state index contributed by atoms with van der Waals surface area (Å²) in [5, 5.41) is 4.92. The maximum absolute atomic E-state index is 4.16. The van der Waals surface area contributed by atoms with Crippen molar-refractivity contribution in [1.82, 2.24) is 19.6 Å². The summed E-state index contributed by atoms with van der Waals surface area (Å²) in [6.45, 7) is 0. The fourth-order valence-corrected chi connectivity index (χ4v) is 1.75. The Kier molecular flexibility index (Phi) is 2.02. The lowest BCUT2D eigenvalue weighted by Crippen LogP contribution is -1.94. The molecular weight excluding hydrogens is 240 g/mol. The molecule has 0 aromatic carbocycles. The van der Waals surface area contributed by atoms with Gasteiger partial charge in [-0.3, -0.25) is 0 Å². The summed E-state index contributed by atoms with van der Waals surface area (Å²) in [6, 6.07) is 0. The van der Waals surface area contributed by atoms with Crippen LogP contribution >= 0.6 is 27.7 Å². The average molecular weight is 245 g/mol. The van der Waals surface area contributed by atoms with Gasteiger partial charge < -0.3 is 0 Å². The number of aromatic nitrogens is 4. The SMILES string of the molecule is CSc1ncnn2c(Br)cnc12. The topological polar surface area (TPSA) is 43.1 Å². The summed E-state index contributed by atoms with van der Waals surface area (Å²) < 4.78 is 2.55. The third kappa shape index (κ3) is 1.11. The molecule has 0 aliphatic carbocycles. The number of hydrogen-bond donors (Lipinski definition) is 0. The van der Waals surface area contributed by atoms with Gasteiger partial charge in [0, 0.05) is 0 Å². The van der Waals surface area contributed by atoms with E-state index >= 15 is 0 Å². The Morgan fingerprint density at radius 3 is 3.08 bits per heavy atom. The van der Waals surface area contributed by atoms with E-state index in [-0.39, 0.29) is 0 Å². The van der Waals surface area contributed by atoms with E-state index in [1.165, 1.54) is 6.33 Å². The van der Waals surface area contributed by atoms with Gasteiger partial charge in [-0.1, -0.05) is 0 Å². The number of thioether (sulfide) groups is 1. The van der Waals surface area contributed by atoms with Crippen LogP contribution in [0.3, 0.4) is 0 Å². The summed E-state index contributed by atoms with van der Waals surface area (Å²) in [5.41, 5.74) is 0.789. The molecule has 2 heterocycles. The van der Waals surface area contributed by atoms with Gasteiger partial charge in [0.15, 0.2) is 5.65 Å². The zero-order valence-electron chi connectivity index (χ0n) is 6.23. The molecule has 0 amide bonds. The normalized spacial score (nSPS) is 10.8. The zero-order chi connectivity index (χ0) is 8.55. The summed E-state index contributed by atoms with van der Waals surface area (Å²) >= 11 is 4.89. The van der Waals surface area contributed by atoms with E-state index in [1.807, 2.05) is 6.26 Å². The molecule has 62 valence electrons. The lowest BCUT2D eigenvalue weighted by atomic mass is 10.8. The molecule has 0 N–H and O–H groups in total. The van der Waals surface area contributed by atoms with Crippen molar-refractivity contribution in [3.05, 3.63) is 17.1 Å². The molecule has 0 aliphatic rings. The first-order chi connectivity index (χ1) is 5.83. The van der Waals surface area contributed by atoms with Crippen molar-refractivity contribution in [2.24, 2.45) is 0 Å². The van der Waals surface area contributed by atoms with E-state index in [1.54, 1.807) is 22.5 Å². The van der Waals surface area contributed by atoms with E-state index in [4.69, 9.17) is 0 Å². The average Bonchev–Trinajstić information content (AvgIpc) is 2.48. The maximum Gasteiger partial charge on any atom is 0.187 e. The van der Waals surface area contributed by atoms with Gasteiger partial charge in [0.2, 0.25) is 0 Å². The molecule has 2 rings (SSSR count). The van der Waals surface area contributed by atoms with Gasteiger partial charge in [-0.25, -0.2) is 14.5 Å². The second-order valence-corrected chi connectivity index (χ2v) is 3.69. The highest BCUT2D eigenvalue weighted by molar-refractivity contribution is 9.10. The van der Waals surface area contributed by atoms with Gasteiger partial charge in [-0.15, -0.1) is 11.8 Å². The van der Waals surface area contributed by atoms with E-state index in [0.717, 1.165) is 15.3 Å². The molecule has 0 aliphatic heterocycles. The largest absolute Gasteiger partial charge is 0.232 e. The van der Waals surface area contributed by atoms with E-state index < -0.39 is 0 Å². The summed E-state index contributed by atoms with van der Waals surface area (Å²) in [6.07, 6.45) is 5.19. The van der Waals surface area contributed by atoms with Crippen LogP contribution in [0.2, 0.25) is 0 Å². The van der Waals surface area contributed by atoms with Crippen LogP contribution in [0.1, 0.15) is 0 Å². The third-order valence-electron chi connectivity index (χ3n) is 1.42. The van der Waals surface area contributed by atoms with Crippen LogP contribution in [0.25, 0.3) is 5.65 Å². The monoisotopic (exact) mass is 244 g/mol. The molecule has 0 bridgehead atoms. The first-order valence-electron chi connectivity index (χ1n) is 3.21. The zero-order valence-corrected chi connectivity index (χ0v) is 8.63. The standard InChI is InChI=1S/C6H5BrN4S/c1-12-6-5-8-2-4(7)11(5)10-3-9-6/h2-3H,1H3. The molecule has 12 heavy (non-hydrogen) atoms. The second kappa shape index (κ2) is 3.02. The molecule has 2 aromatic heterocycles. The molecule has 0 radical (unpaired) electrons. The first-order valence-corrected chi connectivity index (χ1v) is 5.23. The van der Waals surface area contributed by atoms with Crippen LogP contribution in [0.5, 0.6) is 0 Å². The third-order valence-corrected chi connectivity index (χ3v) is 2.64. The Hall–Kier alpha value is -0.620. The molecule has 0 atom stereocenters. The van der Waals surface area contributed by atoms with Crippen molar-refractivity contribution in [3.8, 4) is 0 Å². The number of nitrogens with zero attached hydrogens (tertiary/aromatic N) is 4. The molecule has 6 heteroatoms. The molecule has 0 saturated heterocycles. The van der Waals surface area contributed by atoms with Crippen molar-refractivity contribution in [1.29, 1.82) is 0 Å². The Labute approximate surface area is 81.5 Å². The molecule has 4 nitrogen and oxygen atoms in total. The predicted molar refractivity (Wildman–Crippen MR) is 50.3 cm³/mol. The minimum atomic E-state index is 0.789. The van der Waals surface area contributed by atoms with Gasteiger partial charge in [0.1, 0.15) is 16.0 Å². The van der Waals surface area contributed by atoms with Crippen molar-refractivity contribution in [3.63, 3.8) is 0 Å². The fourth-order valence-electron chi connectivity index (χ4n) is 0.912. The van der Waals surface area contributed by atoms with Crippen LogP contribution in [0.15, 0.2) is 22.2 Å².